The van der Waals surface area contributed by atoms with Crippen molar-refractivity contribution in [1.29, 1.82) is 0 Å². The van der Waals surface area contributed by atoms with Crippen molar-refractivity contribution in [3.05, 3.63) is 64.5 Å². The Bertz CT molecular complexity index is 1010. The number of amides is 1. The third-order valence-corrected chi connectivity index (χ3v) is 6.51. The van der Waals surface area contributed by atoms with Crippen LogP contribution in [0.1, 0.15) is 34.3 Å². The van der Waals surface area contributed by atoms with Gasteiger partial charge in [-0.15, -0.1) is 11.3 Å². The van der Waals surface area contributed by atoms with E-state index >= 15 is 0 Å². The Labute approximate surface area is 165 Å². The Morgan fingerprint density at radius 2 is 1.81 bits per heavy atom. The monoisotopic (exact) mass is 396 g/mol. The summed E-state index contributed by atoms with van der Waals surface area (Å²) in [4.78, 5) is 17.7. The maximum atomic E-state index is 12.4. The number of hydrogen-bond acceptors (Lipinski definition) is 4. The molecule has 0 bridgehead atoms. The van der Waals surface area contributed by atoms with Crippen LogP contribution in [0.4, 0.5) is 5.13 Å². The summed E-state index contributed by atoms with van der Waals surface area (Å²) in [5, 5.41) is 5.41. The van der Waals surface area contributed by atoms with E-state index in [4.69, 9.17) is 0 Å². The first-order chi connectivity index (χ1) is 13.1. The summed E-state index contributed by atoms with van der Waals surface area (Å²) in [6, 6.07) is 13.4. The van der Waals surface area contributed by atoms with Gasteiger partial charge in [0.1, 0.15) is 0 Å². The van der Waals surface area contributed by atoms with E-state index in [0.717, 1.165) is 17.7 Å². The fourth-order valence-corrected chi connectivity index (χ4v) is 4.56. The van der Waals surface area contributed by atoms with Crippen molar-refractivity contribution < 1.29 is 9.00 Å². The molecule has 1 N–H and O–H groups in total. The molecule has 4 nitrogen and oxygen atoms in total. The summed E-state index contributed by atoms with van der Waals surface area (Å²) in [5.74, 6) is -0.213. The first kappa shape index (κ1) is 18.1. The molecule has 1 aromatic heterocycles. The van der Waals surface area contributed by atoms with Crippen molar-refractivity contribution in [3.8, 4) is 11.3 Å². The third-order valence-electron chi connectivity index (χ3n) is 4.82. The van der Waals surface area contributed by atoms with E-state index in [1.165, 1.54) is 41.7 Å². The van der Waals surface area contributed by atoms with Crippen LogP contribution in [0.15, 0.2) is 52.7 Å². The number of nitrogens with one attached hydrogen (secondary N) is 1. The zero-order valence-electron chi connectivity index (χ0n) is 15.0. The van der Waals surface area contributed by atoms with Crippen LogP contribution in [0.3, 0.4) is 0 Å². The number of hydrogen-bond donors (Lipinski definition) is 1. The van der Waals surface area contributed by atoms with Crippen LogP contribution in [0, 0.1) is 0 Å². The summed E-state index contributed by atoms with van der Waals surface area (Å²) in [6.07, 6.45) is 6.44. The molecule has 27 heavy (non-hydrogen) atoms. The van der Waals surface area contributed by atoms with Crippen molar-refractivity contribution in [2.45, 2.75) is 30.6 Å². The van der Waals surface area contributed by atoms with Crippen LogP contribution in [0.2, 0.25) is 0 Å². The van der Waals surface area contributed by atoms with Crippen molar-refractivity contribution in [1.82, 2.24) is 4.98 Å². The highest BCUT2D eigenvalue weighted by atomic mass is 32.2. The van der Waals surface area contributed by atoms with Crippen molar-refractivity contribution in [2.75, 3.05) is 11.6 Å². The average molecular weight is 397 g/mol. The summed E-state index contributed by atoms with van der Waals surface area (Å²) in [5.41, 5.74) is 5.38. The molecule has 138 valence electrons. The van der Waals surface area contributed by atoms with Gasteiger partial charge in [-0.3, -0.25) is 14.3 Å². The highest BCUT2D eigenvalue weighted by Gasteiger charge is 2.13. The molecule has 1 heterocycles. The molecule has 2 aromatic carbocycles. The lowest BCUT2D eigenvalue weighted by atomic mass is 9.90. The summed E-state index contributed by atoms with van der Waals surface area (Å²) in [7, 11) is -1.05. The number of aromatic nitrogens is 1. The zero-order valence-corrected chi connectivity index (χ0v) is 16.7. The van der Waals surface area contributed by atoms with Crippen molar-refractivity contribution in [2.24, 2.45) is 0 Å². The minimum absolute atomic E-state index is 0.213. The lowest BCUT2D eigenvalue weighted by Crippen LogP contribution is -2.11. The van der Waals surface area contributed by atoms with E-state index in [-0.39, 0.29) is 5.91 Å². The van der Waals surface area contributed by atoms with Gasteiger partial charge in [0.2, 0.25) is 0 Å². The van der Waals surface area contributed by atoms with Crippen LogP contribution >= 0.6 is 11.3 Å². The molecule has 0 aliphatic heterocycles. The molecule has 1 aliphatic rings. The zero-order chi connectivity index (χ0) is 18.8. The Morgan fingerprint density at radius 3 is 2.56 bits per heavy atom. The highest BCUT2D eigenvalue weighted by Crippen LogP contribution is 2.29. The number of fused-ring (bicyclic) bond motifs is 1. The Hall–Kier alpha value is -2.31. The molecular formula is C21H20N2O2S2. The van der Waals surface area contributed by atoms with E-state index in [1.807, 2.05) is 5.38 Å². The first-order valence-electron chi connectivity index (χ1n) is 8.93. The number of benzene rings is 2. The number of thiazole rings is 1. The quantitative estimate of drug-likeness (QED) is 0.697. The van der Waals surface area contributed by atoms with E-state index < -0.39 is 10.8 Å². The van der Waals surface area contributed by atoms with E-state index in [9.17, 15) is 9.00 Å². The van der Waals surface area contributed by atoms with Gasteiger partial charge in [0.05, 0.1) is 5.69 Å². The number of carbonyl (C=O) groups excluding carboxylic acids is 1. The Morgan fingerprint density at radius 1 is 1.07 bits per heavy atom. The van der Waals surface area contributed by atoms with Crippen LogP contribution in [0.5, 0.6) is 0 Å². The summed E-state index contributed by atoms with van der Waals surface area (Å²) >= 11 is 1.42. The van der Waals surface area contributed by atoms with Crippen LogP contribution in [-0.2, 0) is 23.6 Å². The van der Waals surface area contributed by atoms with Gasteiger partial charge in [-0.1, -0.05) is 12.1 Å². The summed E-state index contributed by atoms with van der Waals surface area (Å²) in [6.45, 7) is 0. The van der Waals surface area contributed by atoms with Crippen molar-refractivity contribution in [3.63, 3.8) is 0 Å². The minimum atomic E-state index is -1.05. The van der Waals surface area contributed by atoms with Gasteiger partial charge in [-0.2, -0.15) is 0 Å². The number of nitrogens with zero attached hydrogens (tertiary/aromatic N) is 1. The average Bonchev–Trinajstić information content (AvgIpc) is 3.16. The van der Waals surface area contributed by atoms with Gasteiger partial charge < -0.3 is 0 Å². The molecule has 0 fully saturated rings. The molecule has 0 saturated heterocycles. The second kappa shape index (κ2) is 7.74. The Kier molecular flexibility index (Phi) is 5.18. The highest BCUT2D eigenvalue weighted by molar-refractivity contribution is 7.84. The SMILES string of the molecule is CS(=O)c1ccc(C(=O)Nc2nc(-c3ccc4c(c3)CCCC4)cs2)cc1. The molecule has 1 atom stereocenters. The lowest BCUT2D eigenvalue weighted by Gasteiger charge is -2.16. The topological polar surface area (TPSA) is 59.1 Å². The summed E-state index contributed by atoms with van der Waals surface area (Å²) < 4.78 is 11.4. The van der Waals surface area contributed by atoms with Crippen molar-refractivity contribution >= 4 is 33.2 Å². The normalized spacial score (nSPS) is 14.4. The molecule has 4 rings (SSSR count). The van der Waals surface area contributed by atoms with Gasteiger partial charge in [-0.05, 0) is 67.1 Å². The van der Waals surface area contributed by atoms with Gasteiger partial charge in [-0.25, -0.2) is 4.98 Å². The number of anilines is 1. The fourth-order valence-electron chi connectivity index (χ4n) is 3.32. The van der Waals surface area contributed by atoms with E-state index in [1.54, 1.807) is 30.5 Å². The molecular weight excluding hydrogens is 376 g/mol. The molecule has 6 heteroatoms. The molecule has 1 amide bonds. The van der Waals surface area contributed by atoms with Crippen LogP contribution in [-0.4, -0.2) is 21.4 Å². The fraction of sp³-hybridized carbons (Fsp3) is 0.238. The largest absolute Gasteiger partial charge is 0.298 e. The number of aryl methyl sites for hydroxylation is 2. The second-order valence-electron chi connectivity index (χ2n) is 6.66. The van der Waals surface area contributed by atoms with Gasteiger partial charge in [0.15, 0.2) is 5.13 Å². The first-order valence-corrected chi connectivity index (χ1v) is 11.4. The van der Waals surface area contributed by atoms with Crippen LogP contribution < -0.4 is 5.32 Å². The maximum absolute atomic E-state index is 12.4. The molecule has 1 unspecified atom stereocenters. The molecule has 1 aliphatic carbocycles. The van der Waals surface area contributed by atoms with Gasteiger partial charge in [0.25, 0.3) is 5.91 Å². The minimum Gasteiger partial charge on any atom is -0.298 e. The van der Waals surface area contributed by atoms with Gasteiger partial charge in [0, 0.05) is 38.5 Å². The third kappa shape index (κ3) is 4.01. The van der Waals surface area contributed by atoms with Gasteiger partial charge >= 0.3 is 0 Å². The number of rotatable bonds is 4. The van der Waals surface area contributed by atoms with E-state index in [2.05, 4.69) is 28.5 Å². The predicted octanol–water partition coefficient (Wildman–Crippen LogP) is 4.68. The smallest absolute Gasteiger partial charge is 0.257 e. The second-order valence-corrected chi connectivity index (χ2v) is 8.90. The standard InChI is InChI=1S/C21H20N2O2S2/c1-27(25)18-10-8-15(9-11-18)20(24)23-21-22-19(13-26-21)17-7-6-14-4-2-3-5-16(14)12-17/h6-13H,2-5H2,1H3,(H,22,23,24). The van der Waals surface area contributed by atoms with E-state index in [0.29, 0.717) is 15.6 Å². The molecule has 0 spiro atoms. The molecule has 3 aromatic rings. The molecule has 0 saturated carbocycles. The number of carbonyl (C=O) groups is 1. The predicted molar refractivity (Wildman–Crippen MR) is 111 cm³/mol. The van der Waals surface area contributed by atoms with Crippen LogP contribution in [0.25, 0.3) is 11.3 Å². The maximum Gasteiger partial charge on any atom is 0.257 e. The lowest BCUT2D eigenvalue weighted by molar-refractivity contribution is 0.102. The Balaban J connectivity index is 1.49. The molecule has 0 radical (unpaired) electrons.